The Kier molecular flexibility index (Phi) is 3.96. The highest BCUT2D eigenvalue weighted by molar-refractivity contribution is 5.94. The van der Waals surface area contributed by atoms with Gasteiger partial charge in [-0.3, -0.25) is 9.59 Å². The number of rotatable bonds is 3. The van der Waals surface area contributed by atoms with Crippen molar-refractivity contribution in [1.82, 2.24) is 4.57 Å². The summed E-state index contributed by atoms with van der Waals surface area (Å²) < 4.78 is 1.34. The number of carbonyl (C=O) groups excluding carboxylic acids is 1. The number of benzene rings is 1. The van der Waals surface area contributed by atoms with Crippen LogP contribution in [0, 0.1) is 11.3 Å². The van der Waals surface area contributed by atoms with E-state index in [0.717, 1.165) is 0 Å². The Bertz CT molecular complexity index is 728. The van der Waals surface area contributed by atoms with Crippen molar-refractivity contribution in [1.29, 1.82) is 5.26 Å². The first-order valence-electron chi connectivity index (χ1n) is 6.10. The second-order valence-corrected chi connectivity index (χ2v) is 4.27. The van der Waals surface area contributed by atoms with Crippen molar-refractivity contribution in [3.63, 3.8) is 0 Å². The van der Waals surface area contributed by atoms with Crippen LogP contribution < -0.4 is 10.9 Å². The molecule has 1 amide bonds. The van der Waals surface area contributed by atoms with Crippen LogP contribution in [0.5, 0.6) is 0 Å². The van der Waals surface area contributed by atoms with Gasteiger partial charge in [-0.15, -0.1) is 0 Å². The molecule has 1 aromatic heterocycles. The van der Waals surface area contributed by atoms with Gasteiger partial charge in [-0.2, -0.15) is 5.26 Å². The summed E-state index contributed by atoms with van der Waals surface area (Å²) in [7, 11) is 0. The standard InChI is InChI=1S/C15H13N3O2/c1-11(18-9-5-4-8-14(18)19)15(20)17-13-7-3-2-6-12(13)10-16/h2-9,11H,1H3,(H,17,20). The lowest BCUT2D eigenvalue weighted by Gasteiger charge is -2.15. The Morgan fingerprint density at radius 2 is 1.95 bits per heavy atom. The third kappa shape index (κ3) is 2.75. The van der Waals surface area contributed by atoms with Crippen molar-refractivity contribution in [2.24, 2.45) is 0 Å². The molecule has 0 radical (unpaired) electrons. The van der Waals surface area contributed by atoms with Gasteiger partial charge in [0.15, 0.2) is 0 Å². The fraction of sp³-hybridized carbons (Fsp3) is 0.133. The zero-order valence-electron chi connectivity index (χ0n) is 10.9. The molecule has 0 fully saturated rings. The van der Waals surface area contributed by atoms with Gasteiger partial charge in [-0.1, -0.05) is 18.2 Å². The topological polar surface area (TPSA) is 74.9 Å². The number of anilines is 1. The Hall–Kier alpha value is -2.87. The molecule has 2 rings (SSSR count). The minimum atomic E-state index is -0.657. The molecular formula is C15H13N3O2. The summed E-state index contributed by atoms with van der Waals surface area (Å²) >= 11 is 0. The lowest BCUT2D eigenvalue weighted by molar-refractivity contribution is -0.118. The SMILES string of the molecule is CC(C(=O)Nc1ccccc1C#N)n1ccccc1=O. The van der Waals surface area contributed by atoms with Gasteiger partial charge in [-0.05, 0) is 25.1 Å². The normalized spacial score (nSPS) is 11.4. The second-order valence-electron chi connectivity index (χ2n) is 4.27. The van der Waals surface area contributed by atoms with Crippen molar-refractivity contribution in [3.8, 4) is 6.07 Å². The molecule has 2 aromatic rings. The maximum atomic E-state index is 12.2. The first-order valence-corrected chi connectivity index (χ1v) is 6.10. The van der Waals surface area contributed by atoms with Gasteiger partial charge in [0.2, 0.25) is 5.91 Å². The largest absolute Gasteiger partial charge is 0.323 e. The van der Waals surface area contributed by atoms with Crippen molar-refractivity contribution >= 4 is 11.6 Å². The molecule has 0 spiro atoms. The van der Waals surface area contributed by atoms with Crippen LogP contribution in [0.4, 0.5) is 5.69 Å². The third-order valence-electron chi connectivity index (χ3n) is 2.95. The lowest BCUT2D eigenvalue weighted by Crippen LogP contribution is -2.30. The molecule has 0 saturated carbocycles. The minimum Gasteiger partial charge on any atom is -0.323 e. The predicted molar refractivity (Wildman–Crippen MR) is 75.2 cm³/mol. The van der Waals surface area contributed by atoms with Crippen LogP contribution in [-0.4, -0.2) is 10.5 Å². The van der Waals surface area contributed by atoms with Crippen LogP contribution in [0.1, 0.15) is 18.5 Å². The van der Waals surface area contributed by atoms with Crippen LogP contribution in [0.2, 0.25) is 0 Å². The zero-order valence-corrected chi connectivity index (χ0v) is 10.9. The Morgan fingerprint density at radius 3 is 2.65 bits per heavy atom. The van der Waals surface area contributed by atoms with E-state index in [2.05, 4.69) is 5.32 Å². The van der Waals surface area contributed by atoms with E-state index in [1.807, 2.05) is 6.07 Å². The van der Waals surface area contributed by atoms with Gasteiger partial charge >= 0.3 is 0 Å². The molecular weight excluding hydrogens is 254 g/mol. The van der Waals surface area contributed by atoms with Crippen LogP contribution in [0.3, 0.4) is 0 Å². The van der Waals surface area contributed by atoms with Crippen molar-refractivity contribution in [2.45, 2.75) is 13.0 Å². The average molecular weight is 267 g/mol. The minimum absolute atomic E-state index is 0.247. The maximum Gasteiger partial charge on any atom is 0.251 e. The number of pyridine rings is 1. The molecule has 1 N–H and O–H groups in total. The number of carbonyl (C=O) groups is 1. The summed E-state index contributed by atoms with van der Waals surface area (Å²) in [6.07, 6.45) is 1.56. The number of nitrogens with zero attached hydrogens (tertiary/aromatic N) is 2. The Labute approximate surface area is 116 Å². The molecule has 1 aromatic carbocycles. The highest BCUT2D eigenvalue weighted by Crippen LogP contribution is 2.15. The van der Waals surface area contributed by atoms with Crippen molar-refractivity contribution in [2.75, 3.05) is 5.32 Å². The first kappa shape index (κ1) is 13.6. The number of hydrogen-bond donors (Lipinski definition) is 1. The maximum absolute atomic E-state index is 12.2. The van der Waals surface area contributed by atoms with E-state index in [1.165, 1.54) is 10.6 Å². The summed E-state index contributed by atoms with van der Waals surface area (Å²) in [5.41, 5.74) is 0.577. The van der Waals surface area contributed by atoms with Gasteiger partial charge in [0, 0.05) is 12.3 Å². The average Bonchev–Trinajstić information content (AvgIpc) is 2.47. The van der Waals surface area contributed by atoms with Crippen molar-refractivity contribution < 1.29 is 4.79 Å². The van der Waals surface area contributed by atoms with Crippen LogP contribution in [0.15, 0.2) is 53.5 Å². The second kappa shape index (κ2) is 5.85. The number of amides is 1. The quantitative estimate of drug-likeness (QED) is 0.923. The van der Waals surface area contributed by atoms with Gasteiger partial charge < -0.3 is 9.88 Å². The zero-order chi connectivity index (χ0) is 14.5. The summed E-state index contributed by atoms with van der Waals surface area (Å²) in [6.45, 7) is 1.63. The van der Waals surface area contributed by atoms with Gasteiger partial charge in [0.1, 0.15) is 12.1 Å². The molecule has 5 nitrogen and oxygen atoms in total. The molecule has 0 aliphatic rings. The van der Waals surface area contributed by atoms with E-state index in [4.69, 9.17) is 5.26 Å². The molecule has 1 atom stereocenters. The summed E-state index contributed by atoms with van der Waals surface area (Å²) in [6, 6.07) is 12.8. The molecule has 1 heterocycles. The molecule has 0 aliphatic heterocycles. The molecule has 20 heavy (non-hydrogen) atoms. The van der Waals surface area contributed by atoms with E-state index in [9.17, 15) is 9.59 Å². The number of nitriles is 1. The monoisotopic (exact) mass is 267 g/mol. The van der Waals surface area contributed by atoms with E-state index >= 15 is 0 Å². The summed E-state index contributed by atoms with van der Waals surface area (Å²) in [5, 5.41) is 11.6. The third-order valence-corrected chi connectivity index (χ3v) is 2.95. The Morgan fingerprint density at radius 1 is 1.25 bits per heavy atom. The Balaban J connectivity index is 2.23. The molecule has 0 aliphatic carbocycles. The molecule has 5 heteroatoms. The van der Waals surface area contributed by atoms with E-state index in [1.54, 1.807) is 49.5 Å². The number of para-hydroxylation sites is 1. The lowest BCUT2D eigenvalue weighted by atomic mass is 10.2. The molecule has 1 unspecified atom stereocenters. The van der Waals surface area contributed by atoms with E-state index < -0.39 is 6.04 Å². The fourth-order valence-corrected chi connectivity index (χ4v) is 1.81. The van der Waals surface area contributed by atoms with E-state index in [-0.39, 0.29) is 11.5 Å². The van der Waals surface area contributed by atoms with E-state index in [0.29, 0.717) is 11.3 Å². The smallest absolute Gasteiger partial charge is 0.251 e. The molecule has 0 saturated heterocycles. The van der Waals surface area contributed by atoms with Crippen LogP contribution >= 0.6 is 0 Å². The highest BCUT2D eigenvalue weighted by atomic mass is 16.2. The predicted octanol–water partition coefficient (Wildman–Crippen LogP) is 1.92. The van der Waals surface area contributed by atoms with Gasteiger partial charge in [0.05, 0.1) is 11.3 Å². The number of hydrogen-bond acceptors (Lipinski definition) is 3. The fourth-order valence-electron chi connectivity index (χ4n) is 1.81. The highest BCUT2D eigenvalue weighted by Gasteiger charge is 2.16. The molecule has 100 valence electrons. The summed E-state index contributed by atoms with van der Waals surface area (Å²) in [5.74, 6) is -0.346. The van der Waals surface area contributed by atoms with Crippen LogP contribution in [0.25, 0.3) is 0 Å². The number of aromatic nitrogens is 1. The molecule has 0 bridgehead atoms. The van der Waals surface area contributed by atoms with Crippen LogP contribution in [-0.2, 0) is 4.79 Å². The van der Waals surface area contributed by atoms with Crippen molar-refractivity contribution in [3.05, 3.63) is 64.6 Å². The number of nitrogens with one attached hydrogen (secondary N) is 1. The summed E-state index contributed by atoms with van der Waals surface area (Å²) in [4.78, 5) is 23.8. The van der Waals surface area contributed by atoms with Gasteiger partial charge in [-0.25, -0.2) is 0 Å². The van der Waals surface area contributed by atoms with Gasteiger partial charge in [0.25, 0.3) is 5.56 Å². The first-order chi connectivity index (χ1) is 9.63.